The fourth-order valence-electron chi connectivity index (χ4n) is 2.25. The van der Waals surface area contributed by atoms with Crippen LogP contribution in [0.5, 0.6) is 5.75 Å². The van der Waals surface area contributed by atoms with E-state index in [2.05, 4.69) is 25.2 Å². The number of piperidine rings is 1. The Labute approximate surface area is 127 Å². The van der Waals surface area contributed by atoms with E-state index < -0.39 is 0 Å². The molecule has 1 saturated heterocycles. The van der Waals surface area contributed by atoms with Gasteiger partial charge in [0, 0.05) is 0 Å². The van der Waals surface area contributed by atoms with E-state index >= 15 is 0 Å². The van der Waals surface area contributed by atoms with E-state index in [1.165, 1.54) is 5.56 Å². The van der Waals surface area contributed by atoms with Crippen molar-refractivity contribution in [3.63, 3.8) is 0 Å². The lowest BCUT2D eigenvalue weighted by atomic mass is 9.99. The predicted octanol–water partition coefficient (Wildman–Crippen LogP) is 4.41. The highest BCUT2D eigenvalue weighted by Crippen LogP contribution is 2.31. The van der Waals surface area contributed by atoms with Crippen LogP contribution < -0.4 is 10.1 Å². The van der Waals surface area contributed by atoms with Gasteiger partial charge in [-0.3, -0.25) is 0 Å². The first-order valence-corrected chi connectivity index (χ1v) is 7.25. The number of rotatable bonds is 4. The lowest BCUT2D eigenvalue weighted by Crippen LogP contribution is -2.34. The van der Waals surface area contributed by atoms with Gasteiger partial charge >= 0.3 is 0 Å². The first-order valence-electron chi connectivity index (χ1n) is 6.87. The molecule has 1 N–H and O–H groups in total. The first-order chi connectivity index (χ1) is 8.70. The van der Waals surface area contributed by atoms with Gasteiger partial charge in [-0.05, 0) is 56.0 Å². The highest BCUT2D eigenvalue weighted by atomic mass is 35.5. The molecule has 1 atom stereocenters. The van der Waals surface area contributed by atoms with Crippen molar-refractivity contribution in [2.45, 2.75) is 45.1 Å². The molecule has 108 valence electrons. The maximum atomic E-state index is 6.31. The van der Waals surface area contributed by atoms with Crippen LogP contribution in [-0.4, -0.2) is 19.2 Å². The Morgan fingerprint density at radius 3 is 2.63 bits per heavy atom. The standard InChI is InChI=1S/C15H22ClNO.ClH/c1-3-11(2)12-4-5-15(14(16)10-12)18-13-6-8-17-9-7-13;/h4-5,10-11,13,17H,3,6-9H2,1-2H3;1H. The van der Waals surface area contributed by atoms with Gasteiger partial charge in [0.1, 0.15) is 11.9 Å². The van der Waals surface area contributed by atoms with E-state index in [9.17, 15) is 0 Å². The summed E-state index contributed by atoms with van der Waals surface area (Å²) in [6.45, 7) is 6.48. The van der Waals surface area contributed by atoms with E-state index in [1.807, 2.05) is 12.1 Å². The summed E-state index contributed by atoms with van der Waals surface area (Å²) >= 11 is 6.31. The van der Waals surface area contributed by atoms with Crippen LogP contribution in [0.3, 0.4) is 0 Å². The second-order valence-corrected chi connectivity index (χ2v) is 5.47. The van der Waals surface area contributed by atoms with Gasteiger partial charge in [-0.1, -0.05) is 31.5 Å². The quantitative estimate of drug-likeness (QED) is 0.890. The number of ether oxygens (including phenoxy) is 1. The fourth-order valence-corrected chi connectivity index (χ4v) is 2.48. The van der Waals surface area contributed by atoms with Crippen molar-refractivity contribution in [1.29, 1.82) is 0 Å². The Morgan fingerprint density at radius 2 is 2.05 bits per heavy atom. The lowest BCUT2D eigenvalue weighted by molar-refractivity contribution is 0.162. The molecule has 19 heavy (non-hydrogen) atoms. The average molecular weight is 304 g/mol. The number of hydrogen-bond donors (Lipinski definition) is 1. The van der Waals surface area contributed by atoms with Crippen LogP contribution in [0.2, 0.25) is 5.02 Å². The van der Waals surface area contributed by atoms with Crippen molar-refractivity contribution in [2.24, 2.45) is 0 Å². The molecule has 2 nitrogen and oxygen atoms in total. The van der Waals surface area contributed by atoms with Crippen molar-refractivity contribution in [3.05, 3.63) is 28.8 Å². The Bertz CT molecular complexity index is 392. The Hall–Kier alpha value is -0.440. The minimum atomic E-state index is 0. The highest BCUT2D eigenvalue weighted by molar-refractivity contribution is 6.32. The van der Waals surface area contributed by atoms with Crippen molar-refractivity contribution < 1.29 is 4.74 Å². The molecule has 0 saturated carbocycles. The minimum Gasteiger partial charge on any atom is -0.489 e. The summed E-state index contributed by atoms with van der Waals surface area (Å²) in [6, 6.07) is 6.20. The summed E-state index contributed by atoms with van der Waals surface area (Å²) in [6.07, 6.45) is 3.55. The van der Waals surface area contributed by atoms with Crippen LogP contribution in [0, 0.1) is 0 Å². The van der Waals surface area contributed by atoms with Crippen molar-refractivity contribution in [2.75, 3.05) is 13.1 Å². The molecule has 0 radical (unpaired) electrons. The molecule has 0 bridgehead atoms. The van der Waals surface area contributed by atoms with Gasteiger partial charge in [0.15, 0.2) is 0 Å². The molecular formula is C15H23Cl2NO. The molecule has 1 heterocycles. The lowest BCUT2D eigenvalue weighted by Gasteiger charge is -2.24. The zero-order valence-corrected chi connectivity index (χ0v) is 13.2. The average Bonchev–Trinajstić information content (AvgIpc) is 2.41. The SMILES string of the molecule is CCC(C)c1ccc(OC2CCNCC2)c(Cl)c1.Cl. The van der Waals surface area contributed by atoms with Crippen LogP contribution >= 0.6 is 24.0 Å². The van der Waals surface area contributed by atoms with Gasteiger partial charge in [0.2, 0.25) is 0 Å². The molecule has 1 aromatic rings. The van der Waals surface area contributed by atoms with Crippen molar-refractivity contribution >= 4 is 24.0 Å². The largest absolute Gasteiger partial charge is 0.489 e. The van der Waals surface area contributed by atoms with Crippen LogP contribution in [0.15, 0.2) is 18.2 Å². The molecule has 0 aliphatic carbocycles. The normalized spacial score (nSPS) is 17.6. The predicted molar refractivity (Wildman–Crippen MR) is 83.9 cm³/mol. The Kier molecular flexibility index (Phi) is 6.98. The first kappa shape index (κ1) is 16.6. The van der Waals surface area contributed by atoms with E-state index in [0.29, 0.717) is 12.0 Å². The molecule has 0 spiro atoms. The summed E-state index contributed by atoms with van der Waals surface area (Å²) in [7, 11) is 0. The zero-order chi connectivity index (χ0) is 13.0. The molecule has 1 aliphatic rings. The van der Waals surface area contributed by atoms with Crippen LogP contribution in [0.4, 0.5) is 0 Å². The van der Waals surface area contributed by atoms with E-state index in [4.69, 9.17) is 16.3 Å². The molecule has 1 aliphatic heterocycles. The van der Waals surface area contributed by atoms with Crippen LogP contribution in [0.25, 0.3) is 0 Å². The van der Waals surface area contributed by atoms with Gasteiger partial charge in [0.25, 0.3) is 0 Å². The highest BCUT2D eigenvalue weighted by Gasteiger charge is 2.16. The smallest absolute Gasteiger partial charge is 0.138 e. The van der Waals surface area contributed by atoms with Gasteiger partial charge in [-0.15, -0.1) is 12.4 Å². The topological polar surface area (TPSA) is 21.3 Å². The number of hydrogen-bond acceptors (Lipinski definition) is 2. The van der Waals surface area contributed by atoms with Gasteiger partial charge in [0.05, 0.1) is 5.02 Å². The van der Waals surface area contributed by atoms with E-state index in [0.717, 1.165) is 43.1 Å². The van der Waals surface area contributed by atoms with Crippen molar-refractivity contribution in [1.82, 2.24) is 5.32 Å². The molecule has 0 aromatic heterocycles. The maximum absolute atomic E-state index is 6.31. The maximum Gasteiger partial charge on any atom is 0.138 e. The third kappa shape index (κ3) is 4.55. The number of nitrogens with one attached hydrogen (secondary N) is 1. The molecule has 0 amide bonds. The molecule has 1 aromatic carbocycles. The second-order valence-electron chi connectivity index (χ2n) is 5.07. The summed E-state index contributed by atoms with van der Waals surface area (Å²) < 4.78 is 5.98. The monoisotopic (exact) mass is 303 g/mol. The zero-order valence-electron chi connectivity index (χ0n) is 11.6. The molecule has 2 rings (SSSR count). The number of halogens is 2. The Morgan fingerprint density at radius 1 is 1.37 bits per heavy atom. The summed E-state index contributed by atoms with van der Waals surface area (Å²) in [5.74, 6) is 1.38. The Balaban J connectivity index is 0.00000180. The third-order valence-corrected chi connectivity index (χ3v) is 4.01. The van der Waals surface area contributed by atoms with Gasteiger partial charge < -0.3 is 10.1 Å². The van der Waals surface area contributed by atoms with Crippen LogP contribution in [0.1, 0.15) is 44.6 Å². The minimum absolute atomic E-state index is 0. The second kappa shape index (κ2) is 7.98. The van der Waals surface area contributed by atoms with E-state index in [-0.39, 0.29) is 12.4 Å². The summed E-state index contributed by atoms with van der Waals surface area (Å²) in [5.41, 5.74) is 1.29. The van der Waals surface area contributed by atoms with Crippen LogP contribution in [-0.2, 0) is 0 Å². The van der Waals surface area contributed by atoms with Crippen molar-refractivity contribution in [3.8, 4) is 5.75 Å². The molecule has 1 unspecified atom stereocenters. The number of benzene rings is 1. The summed E-state index contributed by atoms with van der Waals surface area (Å²) in [4.78, 5) is 0. The third-order valence-electron chi connectivity index (χ3n) is 3.72. The fraction of sp³-hybridized carbons (Fsp3) is 0.600. The molecule has 4 heteroatoms. The molecular weight excluding hydrogens is 281 g/mol. The van der Waals surface area contributed by atoms with Gasteiger partial charge in [-0.2, -0.15) is 0 Å². The van der Waals surface area contributed by atoms with Gasteiger partial charge in [-0.25, -0.2) is 0 Å². The van der Waals surface area contributed by atoms with E-state index in [1.54, 1.807) is 0 Å². The molecule has 1 fully saturated rings. The summed E-state index contributed by atoms with van der Waals surface area (Å²) in [5, 5.41) is 4.08.